The molecule has 108 heavy (non-hydrogen) atoms. The Balaban J connectivity index is 0.000000240. The maximum absolute atomic E-state index is 13.3. The van der Waals surface area contributed by atoms with Crippen molar-refractivity contribution in [2.45, 2.75) is 292 Å². The molecule has 11 rings (SSSR count). The summed E-state index contributed by atoms with van der Waals surface area (Å²) in [7, 11) is -5.21. The van der Waals surface area contributed by atoms with Crippen LogP contribution >= 0.6 is 10.5 Å². The van der Waals surface area contributed by atoms with Crippen molar-refractivity contribution in [2.75, 3.05) is 5.75 Å². The summed E-state index contributed by atoms with van der Waals surface area (Å²) in [6, 6.07) is 35.9. The van der Waals surface area contributed by atoms with Gasteiger partial charge in [-0.1, -0.05) is 103 Å². The summed E-state index contributed by atoms with van der Waals surface area (Å²) >= 11 is 0. The van der Waals surface area contributed by atoms with Gasteiger partial charge in [0.15, 0.2) is 19.9 Å². The number of fused-ring (bicyclic) bond motifs is 3. The summed E-state index contributed by atoms with van der Waals surface area (Å²) in [4.78, 5) is 61.6. The van der Waals surface area contributed by atoms with Crippen LogP contribution in [-0.2, 0) is 63.2 Å². The summed E-state index contributed by atoms with van der Waals surface area (Å²) in [6.07, 6.45) is -5.93. The van der Waals surface area contributed by atoms with E-state index in [2.05, 4.69) is 129 Å². The van der Waals surface area contributed by atoms with E-state index in [4.69, 9.17) is 14.2 Å². The molecule has 1 heterocycles. The molecule has 6 fully saturated rings. The van der Waals surface area contributed by atoms with Gasteiger partial charge in [-0.25, -0.2) is 8.42 Å². The van der Waals surface area contributed by atoms with Crippen molar-refractivity contribution in [3.63, 3.8) is 0 Å². The molecule has 606 valence electrons. The highest BCUT2D eigenvalue weighted by Crippen LogP contribution is 2.64. The van der Waals surface area contributed by atoms with Gasteiger partial charge in [-0.3, -0.25) is 24.0 Å². The number of esters is 5. The Labute approximate surface area is 634 Å². The van der Waals surface area contributed by atoms with Crippen LogP contribution in [-0.4, -0.2) is 107 Å². The highest BCUT2D eigenvalue weighted by molar-refractivity contribution is 7.85. The van der Waals surface area contributed by atoms with Crippen molar-refractivity contribution < 1.29 is 110 Å². The van der Waals surface area contributed by atoms with Gasteiger partial charge in [-0.2, -0.15) is 39.5 Å². The van der Waals surface area contributed by atoms with E-state index in [9.17, 15) is 86.7 Å². The number of phenols is 1. The second kappa shape index (κ2) is 35.9. The van der Waals surface area contributed by atoms with E-state index in [1.54, 1.807) is 19.9 Å². The van der Waals surface area contributed by atoms with E-state index in [0.29, 0.717) is 37.9 Å². The maximum atomic E-state index is 13.3. The van der Waals surface area contributed by atoms with E-state index in [1.807, 2.05) is 60.6 Å². The lowest BCUT2D eigenvalue weighted by Gasteiger charge is -2.60. The van der Waals surface area contributed by atoms with Gasteiger partial charge in [0.1, 0.15) is 28.7 Å². The van der Waals surface area contributed by atoms with Crippen LogP contribution in [0.2, 0.25) is 0 Å². The second-order valence-electron chi connectivity index (χ2n) is 33.6. The van der Waals surface area contributed by atoms with Crippen LogP contribution in [0.25, 0.3) is 25.1 Å². The van der Waals surface area contributed by atoms with Crippen molar-refractivity contribution in [2.24, 2.45) is 39.4 Å². The van der Waals surface area contributed by atoms with Gasteiger partial charge in [0.05, 0.1) is 37.5 Å². The van der Waals surface area contributed by atoms with E-state index in [0.717, 1.165) is 78.1 Å². The number of alkyl halides is 9. The molecule has 3 atom stereocenters. The first-order valence-corrected chi connectivity index (χ1v) is 40.0. The highest BCUT2D eigenvalue weighted by atomic mass is 32.2. The molecule has 1 aromatic heterocycles. The Morgan fingerprint density at radius 1 is 0.593 bits per heavy atom. The van der Waals surface area contributed by atoms with Gasteiger partial charge < -0.3 is 38.5 Å². The van der Waals surface area contributed by atoms with Crippen LogP contribution in [0.3, 0.4) is 0 Å². The summed E-state index contributed by atoms with van der Waals surface area (Å²) < 4.78 is 174. The first-order valence-electron chi connectivity index (χ1n) is 37.2. The summed E-state index contributed by atoms with van der Waals surface area (Å²) in [5.41, 5.74) is -9.82. The number of ether oxygens (including phenoxy) is 5. The van der Waals surface area contributed by atoms with Gasteiger partial charge >= 0.3 is 48.4 Å². The van der Waals surface area contributed by atoms with E-state index < -0.39 is 86.0 Å². The quantitative estimate of drug-likeness (QED) is 0.0300. The molecule has 15 nitrogen and oxygen atoms in total. The molecule has 0 radical (unpaired) electrons. The van der Waals surface area contributed by atoms with Gasteiger partial charge in [0.25, 0.3) is 0 Å². The van der Waals surface area contributed by atoms with Gasteiger partial charge in [-0.15, -0.1) is 0 Å². The SMILES string of the molecule is CC(C)(C)OC(=O)C([O-])(C(F)(F)F)C(F)(F)F.CCC(C)(C)C(=O)OC1(C)CCCC1.CCC(C)(C)C(=O)OC12CC3CC(C1)CC(C(=O)OC(CS(=O)(=O)[O-])C(F)(F)F)(C3)C2.CCC(C)(C)C(=O)OC1CCC(C)CC1.CCC(C)(C)c1cccc(O)c1.c1ccc(-[s+]2c3ccccc3c3ccccc32)cc1. The van der Waals surface area contributed by atoms with E-state index >= 15 is 0 Å². The minimum atomic E-state index is -6.33. The number of phenolic OH excluding ortho intramolecular Hbond substituents is 1. The minimum absolute atomic E-state index is 0.00100. The monoisotopic (exact) mass is 1570 g/mol. The summed E-state index contributed by atoms with van der Waals surface area (Å²) in [6.45, 7) is 31.2. The molecule has 3 unspecified atom stereocenters. The zero-order chi connectivity index (χ0) is 81.9. The fraction of sp³-hybridized carbons (Fsp3) is 0.646. The largest absolute Gasteiger partial charge is 0.828 e. The van der Waals surface area contributed by atoms with Crippen LogP contribution < -0.4 is 5.11 Å². The molecule has 5 aromatic rings. The Kier molecular flexibility index (Phi) is 30.6. The highest BCUT2D eigenvalue weighted by Gasteiger charge is 2.69. The Morgan fingerprint density at radius 3 is 1.47 bits per heavy atom. The molecule has 0 spiro atoms. The zero-order valence-corrected chi connectivity index (χ0v) is 67.2. The first kappa shape index (κ1) is 92.1. The number of halogens is 9. The zero-order valence-electron chi connectivity index (χ0n) is 65.5. The third-order valence-electron chi connectivity index (χ3n) is 21.7. The maximum Gasteiger partial charge on any atom is 0.426 e. The standard InChI is InChI=1S/C20H29F3O7S.C18H13S.C13H24O2.C12H22O2.C11H16O.C8H9F6O3/c1-4-17(2,3)15(24)30-19-8-12-5-13(9-19)7-18(6-12,11-19)16(25)29-14(20(21,22)23)10-31(26,27)28;1-2-8-14(9-3-1)19-17-12-6-4-10-15(17)16-11-5-7-13-18(16)19;1-5-13(3,4)12(14)15-11-8-6-10(2)7-9-11;1-5-11(2,3)10(13)14-12(4)8-6-7-9-12;1-4-11(2,3)9-6-5-7-10(12)8-9;1-5(2,3)17-4(15)6(16,7(9,10)11)8(12,13)14/h12-14H,4-11H2,1-3H3,(H,26,27,28);1-13H;10-11H,5-9H2,1-4H3;5-9H2,1-4H3;5-8,12H,4H2,1-3H3;1-3H3/q;+1;;;;-1/p-1. The van der Waals surface area contributed by atoms with Crippen molar-refractivity contribution in [1.82, 2.24) is 0 Å². The number of hydrogen-bond donors (Lipinski definition) is 1. The normalized spacial score (nSPS) is 21.8. The molecule has 4 bridgehead atoms. The van der Waals surface area contributed by atoms with Crippen molar-refractivity contribution in [1.29, 1.82) is 0 Å². The number of benzene rings is 4. The minimum Gasteiger partial charge on any atom is -0.828 e. The number of carbonyl (C=O) groups is 5. The fourth-order valence-electron chi connectivity index (χ4n) is 13.7. The van der Waals surface area contributed by atoms with Crippen molar-refractivity contribution in [3.8, 4) is 10.6 Å². The fourth-order valence-corrected chi connectivity index (χ4v) is 16.7. The topological polar surface area (TPSA) is 232 Å². The number of aromatic hydroxyl groups is 1. The third-order valence-corrected chi connectivity index (χ3v) is 24.8. The molecular weight excluding hydrogens is 1460 g/mol. The molecule has 1 N–H and O–H groups in total. The Morgan fingerprint density at radius 2 is 1.05 bits per heavy atom. The molecule has 0 aliphatic heterocycles. The smallest absolute Gasteiger partial charge is 0.426 e. The average molecular weight is 1570 g/mol. The molecule has 6 aliphatic carbocycles. The lowest BCUT2D eigenvalue weighted by atomic mass is 9.48. The third kappa shape index (κ3) is 24.5. The Hall–Kier alpha value is -6.51. The number of hydrogen-bond acceptors (Lipinski definition) is 15. The number of rotatable bonds is 17. The lowest BCUT2D eigenvalue weighted by molar-refractivity contribution is -0.575. The average Bonchev–Trinajstić information content (AvgIpc) is 1.12. The number of thiophene rings is 1. The Bertz CT molecular complexity index is 3850. The predicted molar refractivity (Wildman–Crippen MR) is 397 cm³/mol. The van der Waals surface area contributed by atoms with Crippen LogP contribution in [0.4, 0.5) is 39.5 Å². The molecule has 0 saturated heterocycles. The summed E-state index contributed by atoms with van der Waals surface area (Å²) in [5.74, 6) is -5.26. The second-order valence-corrected chi connectivity index (χ2v) is 37.0. The van der Waals surface area contributed by atoms with Gasteiger partial charge in [0, 0.05) is 27.7 Å². The molecule has 26 heteroatoms. The van der Waals surface area contributed by atoms with Crippen LogP contribution in [0.5, 0.6) is 5.75 Å². The van der Waals surface area contributed by atoms with Crippen LogP contribution in [0, 0.1) is 39.4 Å². The van der Waals surface area contributed by atoms with Crippen molar-refractivity contribution in [3.05, 3.63) is 109 Å². The van der Waals surface area contributed by atoms with Gasteiger partial charge in [0.2, 0.25) is 6.10 Å². The molecule has 6 saturated carbocycles. The molecule has 4 aromatic carbocycles. The molecule has 6 aliphatic rings. The van der Waals surface area contributed by atoms with E-state index in [1.165, 1.54) is 56.3 Å². The summed E-state index contributed by atoms with van der Waals surface area (Å²) in [5, 5.41) is 22.9. The first-order chi connectivity index (χ1) is 49.5. The van der Waals surface area contributed by atoms with Crippen molar-refractivity contribution >= 4 is 70.6 Å². The van der Waals surface area contributed by atoms with E-state index in [-0.39, 0.29) is 68.6 Å². The van der Waals surface area contributed by atoms with Crippen LogP contribution in [0.1, 0.15) is 239 Å². The number of carbonyl (C=O) groups excluding carboxylic acids is 5. The molecule has 0 amide bonds. The lowest BCUT2D eigenvalue weighted by Crippen LogP contribution is -2.72. The van der Waals surface area contributed by atoms with Crippen LogP contribution in [0.15, 0.2) is 103 Å². The predicted octanol–water partition coefficient (Wildman–Crippen LogP) is 20.5. The van der Waals surface area contributed by atoms with Gasteiger partial charge in [-0.05, 0) is 256 Å². The molecular formula is C82H112F9O15S2-.